The van der Waals surface area contributed by atoms with Gasteiger partial charge in [0.1, 0.15) is 5.60 Å². The molecule has 0 N–H and O–H groups in total. The molecule has 1 rings (SSSR count). The Morgan fingerprint density at radius 1 is 1.14 bits per heavy atom. The average Bonchev–Trinajstić information content (AvgIpc) is 2.36. The summed E-state index contributed by atoms with van der Waals surface area (Å²) in [5, 5.41) is 0.362. The van der Waals surface area contributed by atoms with Crippen LogP contribution in [0.2, 0.25) is 5.02 Å². The molecule has 116 valence electrons. The molecule has 0 saturated heterocycles. The lowest BCUT2D eigenvalue weighted by atomic mass is 10.1. The van der Waals surface area contributed by atoms with Crippen molar-refractivity contribution in [3.05, 3.63) is 34.3 Å². The number of rotatable bonds is 5. The molecular formula is C16H21ClO4. The molecule has 4 nitrogen and oxygen atoms in total. The summed E-state index contributed by atoms with van der Waals surface area (Å²) in [5.41, 5.74) is -0.355. The number of carbonyl (C=O) groups is 2. The van der Waals surface area contributed by atoms with Crippen LogP contribution in [0.4, 0.5) is 0 Å². The second-order valence-corrected chi connectivity index (χ2v) is 6.12. The summed E-state index contributed by atoms with van der Waals surface area (Å²) in [6, 6.07) is 4.45. The number of hydrogen-bond donors (Lipinski definition) is 0. The lowest BCUT2D eigenvalue weighted by Gasteiger charge is -2.20. The zero-order chi connectivity index (χ0) is 16.0. The highest BCUT2D eigenvalue weighted by Gasteiger charge is 2.24. The summed E-state index contributed by atoms with van der Waals surface area (Å²) >= 11 is 5.90. The number of ether oxygens (including phenoxy) is 2. The van der Waals surface area contributed by atoms with Gasteiger partial charge in [-0.2, -0.15) is 0 Å². The molecule has 0 atom stereocenters. The quantitative estimate of drug-likeness (QED) is 0.602. The van der Waals surface area contributed by atoms with Gasteiger partial charge < -0.3 is 9.47 Å². The molecule has 5 heteroatoms. The van der Waals surface area contributed by atoms with E-state index >= 15 is 0 Å². The molecular weight excluding hydrogens is 292 g/mol. The molecule has 0 aromatic heterocycles. The van der Waals surface area contributed by atoms with Crippen LogP contribution in [0.3, 0.4) is 0 Å². The van der Waals surface area contributed by atoms with Gasteiger partial charge in [0.05, 0.1) is 17.7 Å². The first-order valence-electron chi connectivity index (χ1n) is 6.94. The third-order valence-electron chi connectivity index (χ3n) is 2.55. The molecule has 0 saturated carbocycles. The molecule has 0 bridgehead atoms. The molecule has 0 amide bonds. The van der Waals surface area contributed by atoms with Crippen molar-refractivity contribution in [3.63, 3.8) is 0 Å². The highest BCUT2D eigenvalue weighted by molar-refractivity contribution is 6.31. The molecule has 0 spiro atoms. The van der Waals surface area contributed by atoms with E-state index in [0.29, 0.717) is 11.6 Å². The number of unbranched alkanes of at least 4 members (excludes halogenated alkanes) is 1. The van der Waals surface area contributed by atoms with Gasteiger partial charge in [0.15, 0.2) is 0 Å². The third kappa shape index (κ3) is 5.76. The van der Waals surface area contributed by atoms with Crippen LogP contribution in [0.15, 0.2) is 18.2 Å². The number of hydrogen-bond acceptors (Lipinski definition) is 4. The fraction of sp³-hybridized carbons (Fsp3) is 0.500. The van der Waals surface area contributed by atoms with Gasteiger partial charge in [-0.25, -0.2) is 9.59 Å². The number of halogens is 1. The van der Waals surface area contributed by atoms with Gasteiger partial charge >= 0.3 is 11.9 Å². The smallest absolute Gasteiger partial charge is 0.339 e. The summed E-state index contributed by atoms with van der Waals surface area (Å²) in [6.07, 6.45) is 1.70. The van der Waals surface area contributed by atoms with Gasteiger partial charge in [0.2, 0.25) is 0 Å². The van der Waals surface area contributed by atoms with Crippen molar-refractivity contribution in [2.75, 3.05) is 6.61 Å². The Kier molecular flexibility index (Phi) is 6.21. The highest BCUT2D eigenvalue weighted by atomic mass is 35.5. The van der Waals surface area contributed by atoms with Crippen molar-refractivity contribution < 1.29 is 19.1 Å². The zero-order valence-corrected chi connectivity index (χ0v) is 13.6. The standard InChI is InChI=1S/C16H21ClO4/c1-5-6-9-20-14(18)12-8-7-11(17)10-13(12)15(19)21-16(2,3)4/h7-8,10H,5-6,9H2,1-4H3. The van der Waals surface area contributed by atoms with Gasteiger partial charge in [0.25, 0.3) is 0 Å². The summed E-state index contributed by atoms with van der Waals surface area (Å²) in [6.45, 7) is 7.60. The Morgan fingerprint density at radius 2 is 1.81 bits per heavy atom. The maximum absolute atomic E-state index is 12.2. The van der Waals surface area contributed by atoms with Crippen molar-refractivity contribution in [3.8, 4) is 0 Å². The lowest BCUT2D eigenvalue weighted by molar-refractivity contribution is 0.00641. The Labute approximate surface area is 130 Å². The van der Waals surface area contributed by atoms with Crippen LogP contribution in [0.5, 0.6) is 0 Å². The fourth-order valence-corrected chi connectivity index (χ4v) is 1.76. The largest absolute Gasteiger partial charge is 0.462 e. The summed E-state index contributed by atoms with van der Waals surface area (Å²) in [7, 11) is 0. The Morgan fingerprint density at radius 3 is 2.38 bits per heavy atom. The van der Waals surface area contributed by atoms with Gasteiger partial charge in [-0.15, -0.1) is 0 Å². The first-order chi connectivity index (χ1) is 9.74. The van der Waals surface area contributed by atoms with Crippen molar-refractivity contribution in [2.24, 2.45) is 0 Å². The van der Waals surface area contributed by atoms with Crippen molar-refractivity contribution in [1.29, 1.82) is 0 Å². The summed E-state index contributed by atoms with van der Waals surface area (Å²) < 4.78 is 10.4. The molecule has 0 radical (unpaired) electrons. The van der Waals surface area contributed by atoms with E-state index in [1.165, 1.54) is 12.1 Å². The Hall–Kier alpha value is -1.55. The minimum absolute atomic E-state index is 0.124. The molecule has 1 aromatic rings. The normalized spacial score (nSPS) is 11.1. The molecule has 0 aliphatic carbocycles. The van der Waals surface area contributed by atoms with E-state index in [4.69, 9.17) is 21.1 Å². The highest BCUT2D eigenvalue weighted by Crippen LogP contribution is 2.20. The van der Waals surface area contributed by atoms with Gasteiger partial charge in [-0.3, -0.25) is 0 Å². The zero-order valence-electron chi connectivity index (χ0n) is 12.9. The van der Waals surface area contributed by atoms with Crippen LogP contribution in [-0.4, -0.2) is 24.1 Å². The first-order valence-corrected chi connectivity index (χ1v) is 7.32. The van der Waals surface area contributed by atoms with E-state index in [1.807, 2.05) is 6.92 Å². The lowest BCUT2D eigenvalue weighted by Crippen LogP contribution is -2.25. The fourth-order valence-electron chi connectivity index (χ4n) is 1.58. The van der Waals surface area contributed by atoms with Crippen molar-refractivity contribution in [2.45, 2.75) is 46.1 Å². The number of esters is 2. The monoisotopic (exact) mass is 312 g/mol. The predicted molar refractivity (Wildman–Crippen MR) is 81.8 cm³/mol. The van der Waals surface area contributed by atoms with Crippen LogP contribution >= 0.6 is 11.6 Å². The van der Waals surface area contributed by atoms with Crippen LogP contribution < -0.4 is 0 Å². The van der Waals surface area contributed by atoms with E-state index in [9.17, 15) is 9.59 Å². The van der Waals surface area contributed by atoms with E-state index in [0.717, 1.165) is 12.8 Å². The molecule has 0 aliphatic heterocycles. The molecule has 0 heterocycles. The van der Waals surface area contributed by atoms with Crippen LogP contribution in [0, 0.1) is 0 Å². The molecule has 21 heavy (non-hydrogen) atoms. The van der Waals surface area contributed by atoms with Crippen LogP contribution in [0.25, 0.3) is 0 Å². The molecule has 0 aliphatic rings. The van der Waals surface area contributed by atoms with E-state index in [-0.39, 0.29) is 11.1 Å². The van der Waals surface area contributed by atoms with Crippen LogP contribution in [0.1, 0.15) is 61.3 Å². The molecule has 0 fully saturated rings. The minimum atomic E-state index is -0.650. The third-order valence-corrected chi connectivity index (χ3v) is 2.79. The average molecular weight is 313 g/mol. The van der Waals surface area contributed by atoms with E-state index < -0.39 is 17.5 Å². The van der Waals surface area contributed by atoms with Gasteiger partial charge in [-0.1, -0.05) is 24.9 Å². The van der Waals surface area contributed by atoms with Crippen molar-refractivity contribution >= 4 is 23.5 Å². The maximum Gasteiger partial charge on any atom is 0.339 e. The summed E-state index contributed by atoms with van der Waals surface area (Å²) in [4.78, 5) is 24.2. The van der Waals surface area contributed by atoms with Gasteiger partial charge in [0, 0.05) is 5.02 Å². The second-order valence-electron chi connectivity index (χ2n) is 5.68. The van der Waals surface area contributed by atoms with Gasteiger partial charge in [-0.05, 0) is 45.4 Å². The van der Waals surface area contributed by atoms with E-state index in [1.54, 1.807) is 26.8 Å². The predicted octanol–water partition coefficient (Wildman–Crippen LogP) is 4.25. The first kappa shape index (κ1) is 17.5. The number of carbonyl (C=O) groups excluding carboxylic acids is 2. The Bertz CT molecular complexity index is 517. The topological polar surface area (TPSA) is 52.6 Å². The van der Waals surface area contributed by atoms with E-state index in [2.05, 4.69) is 0 Å². The number of benzene rings is 1. The molecule has 0 unspecified atom stereocenters. The maximum atomic E-state index is 12.2. The Balaban J connectivity index is 2.99. The summed E-state index contributed by atoms with van der Waals surface area (Å²) in [5.74, 6) is -1.13. The SMILES string of the molecule is CCCCOC(=O)c1ccc(Cl)cc1C(=O)OC(C)(C)C. The molecule has 1 aromatic carbocycles. The van der Waals surface area contributed by atoms with Crippen molar-refractivity contribution in [1.82, 2.24) is 0 Å². The minimum Gasteiger partial charge on any atom is -0.462 e. The van der Waals surface area contributed by atoms with Crippen LogP contribution in [-0.2, 0) is 9.47 Å². The second kappa shape index (κ2) is 7.46.